The van der Waals surface area contributed by atoms with E-state index in [0.29, 0.717) is 6.54 Å². The molecule has 1 N–H and O–H groups in total. The summed E-state index contributed by atoms with van der Waals surface area (Å²) >= 11 is 7.61. The minimum absolute atomic E-state index is 0.0120. The van der Waals surface area contributed by atoms with Crippen LogP contribution >= 0.6 is 23.4 Å². The third kappa shape index (κ3) is 6.72. The van der Waals surface area contributed by atoms with Crippen molar-refractivity contribution in [2.45, 2.75) is 19.6 Å². The fourth-order valence-corrected chi connectivity index (χ4v) is 2.28. The maximum absolute atomic E-state index is 11.3. The molecular weight excluding hydrogens is 266 g/mol. The fourth-order valence-electron chi connectivity index (χ4n) is 1.33. The molecule has 0 aliphatic rings. The van der Waals surface area contributed by atoms with E-state index in [4.69, 9.17) is 11.6 Å². The number of allylic oxidation sites excluding steroid dienone is 1. The first-order valence-corrected chi connectivity index (χ1v) is 7.36. The van der Waals surface area contributed by atoms with Gasteiger partial charge in [0, 0.05) is 29.1 Å². The number of hydrogen-bond acceptors (Lipinski definition) is 2. The van der Waals surface area contributed by atoms with Crippen molar-refractivity contribution < 1.29 is 4.79 Å². The van der Waals surface area contributed by atoms with Crippen LogP contribution in [0.15, 0.2) is 35.9 Å². The van der Waals surface area contributed by atoms with Gasteiger partial charge in [0.25, 0.3) is 0 Å². The van der Waals surface area contributed by atoms with Crippen LogP contribution in [0.5, 0.6) is 0 Å². The van der Waals surface area contributed by atoms with Gasteiger partial charge in [-0.15, -0.1) is 0 Å². The van der Waals surface area contributed by atoms with Crippen LogP contribution in [0, 0.1) is 0 Å². The Morgan fingerprint density at radius 3 is 2.61 bits per heavy atom. The van der Waals surface area contributed by atoms with Crippen molar-refractivity contribution in [3.8, 4) is 0 Å². The van der Waals surface area contributed by atoms with Crippen LogP contribution in [0.25, 0.3) is 0 Å². The molecule has 0 saturated heterocycles. The molecule has 2 nitrogen and oxygen atoms in total. The number of thioether (sulfide) groups is 1. The predicted octanol–water partition coefficient (Wildman–Crippen LogP) is 3.66. The van der Waals surface area contributed by atoms with Gasteiger partial charge in [0.15, 0.2) is 0 Å². The molecule has 0 spiro atoms. The molecule has 0 atom stereocenters. The van der Waals surface area contributed by atoms with Crippen LogP contribution in [0.4, 0.5) is 0 Å². The second-order valence-electron chi connectivity index (χ2n) is 4.19. The van der Waals surface area contributed by atoms with E-state index in [-0.39, 0.29) is 5.91 Å². The van der Waals surface area contributed by atoms with Gasteiger partial charge in [-0.05, 0) is 31.5 Å². The van der Waals surface area contributed by atoms with Crippen molar-refractivity contribution in [3.63, 3.8) is 0 Å². The number of nitrogens with one attached hydrogen (secondary N) is 1. The third-order valence-electron chi connectivity index (χ3n) is 2.15. The lowest BCUT2D eigenvalue weighted by Crippen LogP contribution is -2.23. The molecule has 0 bridgehead atoms. The van der Waals surface area contributed by atoms with Gasteiger partial charge in [0.2, 0.25) is 5.91 Å². The minimum Gasteiger partial charge on any atom is -0.352 e. The van der Waals surface area contributed by atoms with E-state index in [9.17, 15) is 4.79 Å². The molecule has 1 aromatic rings. The highest BCUT2D eigenvalue weighted by Crippen LogP contribution is 2.14. The molecule has 0 unspecified atom stereocenters. The molecule has 0 aliphatic heterocycles. The molecule has 0 heterocycles. The van der Waals surface area contributed by atoms with E-state index in [0.717, 1.165) is 22.1 Å². The van der Waals surface area contributed by atoms with Gasteiger partial charge in [0.05, 0.1) is 0 Å². The predicted molar refractivity (Wildman–Crippen MR) is 80.1 cm³/mol. The molecule has 0 fully saturated rings. The lowest BCUT2D eigenvalue weighted by Gasteiger charge is -2.03. The Hall–Kier alpha value is -0.930. The highest BCUT2D eigenvalue weighted by Gasteiger charge is 1.97. The van der Waals surface area contributed by atoms with Crippen molar-refractivity contribution in [2.75, 3.05) is 12.3 Å². The van der Waals surface area contributed by atoms with Crippen LogP contribution < -0.4 is 5.32 Å². The highest BCUT2D eigenvalue weighted by atomic mass is 35.5. The Labute approximate surface area is 118 Å². The molecule has 1 rings (SSSR count). The first kappa shape index (κ1) is 15.1. The lowest BCUT2D eigenvalue weighted by molar-refractivity contribution is -0.116. The number of hydrogen-bond donors (Lipinski definition) is 1. The van der Waals surface area contributed by atoms with Crippen molar-refractivity contribution in [3.05, 3.63) is 46.5 Å². The molecule has 18 heavy (non-hydrogen) atoms. The molecule has 4 heteroatoms. The first-order valence-electron chi connectivity index (χ1n) is 5.83. The lowest BCUT2D eigenvalue weighted by atomic mass is 10.2. The van der Waals surface area contributed by atoms with Gasteiger partial charge in [-0.25, -0.2) is 0 Å². The molecule has 0 aliphatic carbocycles. The number of benzene rings is 1. The summed E-state index contributed by atoms with van der Waals surface area (Å²) in [5.41, 5.74) is 2.27. The normalized spacial score (nSPS) is 9.94. The van der Waals surface area contributed by atoms with Crippen LogP contribution in [-0.4, -0.2) is 18.2 Å². The summed E-state index contributed by atoms with van der Waals surface area (Å²) < 4.78 is 0. The molecule has 1 amide bonds. The SMILES string of the molecule is CC(C)=CC(=O)NCCSCc1ccc(Cl)cc1. The van der Waals surface area contributed by atoms with Crippen molar-refractivity contribution >= 4 is 29.3 Å². The van der Waals surface area contributed by atoms with Gasteiger partial charge in [0.1, 0.15) is 0 Å². The molecule has 0 radical (unpaired) electrons. The number of amides is 1. The Balaban J connectivity index is 2.14. The van der Waals surface area contributed by atoms with E-state index < -0.39 is 0 Å². The Morgan fingerprint density at radius 2 is 2.00 bits per heavy atom. The van der Waals surface area contributed by atoms with Crippen LogP contribution in [-0.2, 0) is 10.5 Å². The second-order valence-corrected chi connectivity index (χ2v) is 5.73. The van der Waals surface area contributed by atoms with Gasteiger partial charge in [-0.3, -0.25) is 4.79 Å². The minimum atomic E-state index is -0.0120. The Morgan fingerprint density at radius 1 is 1.33 bits per heavy atom. The molecule has 0 saturated carbocycles. The van der Waals surface area contributed by atoms with Gasteiger partial charge >= 0.3 is 0 Å². The van der Waals surface area contributed by atoms with E-state index in [2.05, 4.69) is 5.32 Å². The summed E-state index contributed by atoms with van der Waals surface area (Å²) in [6, 6.07) is 7.84. The first-order chi connectivity index (χ1) is 8.58. The van der Waals surface area contributed by atoms with Crippen molar-refractivity contribution in [1.29, 1.82) is 0 Å². The van der Waals surface area contributed by atoms with Crippen molar-refractivity contribution in [1.82, 2.24) is 5.32 Å². The highest BCUT2D eigenvalue weighted by molar-refractivity contribution is 7.98. The maximum Gasteiger partial charge on any atom is 0.243 e. The summed E-state index contributed by atoms with van der Waals surface area (Å²) in [5, 5.41) is 3.61. The van der Waals surface area contributed by atoms with E-state index in [1.54, 1.807) is 17.8 Å². The smallest absolute Gasteiger partial charge is 0.243 e. The average molecular weight is 284 g/mol. The summed E-state index contributed by atoms with van der Waals surface area (Å²) in [4.78, 5) is 11.3. The Bertz CT molecular complexity index is 410. The van der Waals surface area contributed by atoms with E-state index in [1.165, 1.54) is 5.56 Å². The summed E-state index contributed by atoms with van der Waals surface area (Å²) in [7, 11) is 0. The fraction of sp³-hybridized carbons (Fsp3) is 0.357. The van der Waals surface area contributed by atoms with Gasteiger partial charge < -0.3 is 5.32 Å². The molecular formula is C14H18ClNOS. The summed E-state index contributed by atoms with van der Waals surface area (Å²) in [6.45, 7) is 4.52. The molecule has 98 valence electrons. The third-order valence-corrected chi connectivity index (χ3v) is 3.43. The van der Waals surface area contributed by atoms with Crippen LogP contribution in [0.3, 0.4) is 0 Å². The number of rotatable bonds is 6. The van der Waals surface area contributed by atoms with E-state index in [1.807, 2.05) is 38.1 Å². The zero-order valence-electron chi connectivity index (χ0n) is 10.7. The van der Waals surface area contributed by atoms with Gasteiger partial charge in [-0.1, -0.05) is 29.3 Å². The zero-order chi connectivity index (χ0) is 13.4. The van der Waals surface area contributed by atoms with Crippen molar-refractivity contribution in [2.24, 2.45) is 0 Å². The van der Waals surface area contributed by atoms with Gasteiger partial charge in [-0.2, -0.15) is 11.8 Å². The van der Waals surface area contributed by atoms with Crippen LogP contribution in [0.2, 0.25) is 5.02 Å². The van der Waals surface area contributed by atoms with E-state index >= 15 is 0 Å². The average Bonchev–Trinajstić information content (AvgIpc) is 2.30. The molecule has 0 aromatic heterocycles. The second kappa shape index (κ2) is 8.22. The number of halogens is 1. The number of carbonyl (C=O) groups excluding carboxylic acids is 1. The standard InChI is InChI=1S/C14H18ClNOS/c1-11(2)9-14(17)16-7-8-18-10-12-3-5-13(15)6-4-12/h3-6,9H,7-8,10H2,1-2H3,(H,16,17). The van der Waals surface area contributed by atoms with Crippen LogP contribution in [0.1, 0.15) is 19.4 Å². The summed E-state index contributed by atoms with van der Waals surface area (Å²) in [5.74, 6) is 1.84. The zero-order valence-corrected chi connectivity index (χ0v) is 12.3. The monoisotopic (exact) mass is 283 g/mol. The number of carbonyl (C=O) groups is 1. The molecule has 1 aromatic carbocycles. The quantitative estimate of drug-likeness (QED) is 0.638. The topological polar surface area (TPSA) is 29.1 Å². The maximum atomic E-state index is 11.3. The largest absolute Gasteiger partial charge is 0.352 e. The summed E-state index contributed by atoms with van der Waals surface area (Å²) in [6.07, 6.45) is 1.61. The Kier molecular flexibility index (Phi) is 6.91.